The van der Waals surface area contributed by atoms with Gasteiger partial charge in [-0.1, -0.05) is 44.2 Å². The molecule has 33 heavy (non-hydrogen) atoms. The Kier molecular flexibility index (Phi) is 8.01. The van der Waals surface area contributed by atoms with E-state index in [1.165, 1.54) is 4.57 Å². The van der Waals surface area contributed by atoms with E-state index in [1.807, 2.05) is 71.0 Å². The number of benzene rings is 1. The van der Waals surface area contributed by atoms with Crippen LogP contribution in [-0.4, -0.2) is 45.7 Å². The maximum Gasteiger partial charge on any atom is 0.419 e. The number of rotatable bonds is 6. The Morgan fingerprint density at radius 2 is 1.64 bits per heavy atom. The second-order valence-electron chi connectivity index (χ2n) is 11.0. The highest BCUT2D eigenvalue weighted by Gasteiger charge is 2.24. The molecule has 0 aliphatic heterocycles. The Labute approximate surface area is 196 Å². The van der Waals surface area contributed by atoms with E-state index in [4.69, 9.17) is 9.47 Å². The van der Waals surface area contributed by atoms with Gasteiger partial charge in [-0.25, -0.2) is 9.59 Å². The molecule has 1 atom stereocenters. The molecular weight excluding hydrogens is 420 g/mol. The van der Waals surface area contributed by atoms with Crippen molar-refractivity contribution in [1.82, 2.24) is 9.88 Å². The van der Waals surface area contributed by atoms with Gasteiger partial charge in [0.15, 0.2) is 0 Å². The Morgan fingerprint density at radius 1 is 1.03 bits per heavy atom. The normalized spacial score (nSPS) is 13.8. The van der Waals surface area contributed by atoms with Crippen molar-refractivity contribution in [2.75, 3.05) is 6.61 Å². The first-order chi connectivity index (χ1) is 15.1. The molecule has 2 rings (SSSR count). The first kappa shape index (κ1) is 26.5. The average molecular weight is 459 g/mol. The Bertz CT molecular complexity index is 1010. The molecule has 2 N–H and O–H groups in total. The van der Waals surface area contributed by atoms with Crippen molar-refractivity contribution in [3.63, 3.8) is 0 Å². The standard InChI is InChI=1S/C26H38N2O5/c1-24(2,3)32-22(30)27-19(13-14-26(7,8)17-29)15-18-16-28(23(31)33-25(4,5)6)21-12-10-9-11-20(18)21/h9-14,16,19,29H,15,17H2,1-8H3,(H,27,30)/b14-13+. The first-order valence-electron chi connectivity index (χ1n) is 11.2. The van der Waals surface area contributed by atoms with E-state index in [1.54, 1.807) is 27.0 Å². The zero-order valence-electron chi connectivity index (χ0n) is 21.1. The van der Waals surface area contributed by atoms with Gasteiger partial charge in [0.1, 0.15) is 11.2 Å². The molecule has 0 radical (unpaired) electrons. The van der Waals surface area contributed by atoms with Gasteiger partial charge in [0, 0.05) is 17.0 Å². The van der Waals surface area contributed by atoms with Gasteiger partial charge in [0.25, 0.3) is 0 Å². The summed E-state index contributed by atoms with van der Waals surface area (Å²) >= 11 is 0. The van der Waals surface area contributed by atoms with E-state index < -0.39 is 34.8 Å². The third-order valence-electron chi connectivity index (χ3n) is 4.71. The van der Waals surface area contributed by atoms with Crippen molar-refractivity contribution in [3.8, 4) is 0 Å². The molecule has 0 fully saturated rings. The van der Waals surface area contributed by atoms with Gasteiger partial charge in [0.05, 0.1) is 18.2 Å². The zero-order valence-corrected chi connectivity index (χ0v) is 21.1. The van der Waals surface area contributed by atoms with Crippen LogP contribution in [0, 0.1) is 5.41 Å². The summed E-state index contributed by atoms with van der Waals surface area (Å²) in [6, 6.07) is 7.17. The molecule has 2 aromatic rings. The number of aliphatic hydroxyl groups excluding tert-OH is 1. The second-order valence-corrected chi connectivity index (χ2v) is 11.0. The van der Waals surface area contributed by atoms with E-state index >= 15 is 0 Å². The largest absolute Gasteiger partial charge is 0.444 e. The Morgan fingerprint density at radius 3 is 2.21 bits per heavy atom. The molecule has 1 heterocycles. The van der Waals surface area contributed by atoms with Gasteiger partial charge in [-0.15, -0.1) is 0 Å². The molecule has 0 aliphatic carbocycles. The van der Waals surface area contributed by atoms with Crippen LogP contribution in [0.1, 0.15) is 61.0 Å². The number of amides is 1. The number of aliphatic hydroxyl groups is 1. The quantitative estimate of drug-likeness (QED) is 0.563. The molecule has 0 aliphatic rings. The van der Waals surface area contributed by atoms with E-state index in [2.05, 4.69) is 5.32 Å². The summed E-state index contributed by atoms with van der Waals surface area (Å²) in [5, 5.41) is 13.4. The number of carbonyl (C=O) groups is 2. The fourth-order valence-electron chi connectivity index (χ4n) is 3.17. The lowest BCUT2D eigenvalue weighted by atomic mass is 9.92. The van der Waals surface area contributed by atoms with E-state index in [0.29, 0.717) is 6.42 Å². The zero-order chi connectivity index (χ0) is 25.0. The summed E-state index contributed by atoms with van der Waals surface area (Å²) < 4.78 is 12.5. The number of para-hydroxylation sites is 1. The van der Waals surface area contributed by atoms with Gasteiger partial charge in [0.2, 0.25) is 0 Å². The summed E-state index contributed by atoms with van der Waals surface area (Å²) in [4.78, 5) is 25.3. The topological polar surface area (TPSA) is 89.8 Å². The maximum atomic E-state index is 12.8. The summed E-state index contributed by atoms with van der Waals surface area (Å²) in [5.74, 6) is 0. The summed E-state index contributed by atoms with van der Waals surface area (Å²) in [5.41, 5.74) is -0.0861. The van der Waals surface area contributed by atoms with Gasteiger partial charge >= 0.3 is 12.2 Å². The van der Waals surface area contributed by atoms with E-state index in [0.717, 1.165) is 16.5 Å². The lowest BCUT2D eigenvalue weighted by Crippen LogP contribution is -2.39. The van der Waals surface area contributed by atoms with Crippen LogP contribution in [0.5, 0.6) is 0 Å². The first-order valence-corrected chi connectivity index (χ1v) is 11.2. The SMILES string of the molecule is CC(C)(/C=C/C(Cc1cn(C(=O)OC(C)(C)C)c2ccccc12)NC(=O)OC(C)(C)C)CO. The molecule has 1 aromatic carbocycles. The minimum absolute atomic E-state index is 0.0272. The van der Waals surface area contributed by atoms with Crippen LogP contribution in [-0.2, 0) is 15.9 Å². The lowest BCUT2D eigenvalue weighted by Gasteiger charge is -2.23. The van der Waals surface area contributed by atoms with Crippen molar-refractivity contribution in [2.45, 2.75) is 79.1 Å². The number of ether oxygens (including phenoxy) is 2. The summed E-state index contributed by atoms with van der Waals surface area (Å²) in [7, 11) is 0. The Balaban J connectivity index is 2.41. The highest BCUT2D eigenvalue weighted by Crippen LogP contribution is 2.25. The molecule has 7 nitrogen and oxygen atoms in total. The molecule has 7 heteroatoms. The Hall–Kier alpha value is -2.80. The summed E-state index contributed by atoms with van der Waals surface area (Å²) in [6.07, 6.45) is 4.93. The van der Waals surface area contributed by atoms with E-state index in [9.17, 15) is 14.7 Å². The van der Waals surface area contributed by atoms with Crippen molar-refractivity contribution >= 4 is 23.1 Å². The molecule has 0 spiro atoms. The van der Waals surface area contributed by atoms with Crippen LogP contribution in [0.3, 0.4) is 0 Å². The fraction of sp³-hybridized carbons (Fsp3) is 0.538. The average Bonchev–Trinajstić information content (AvgIpc) is 3.02. The molecule has 1 aromatic heterocycles. The third kappa shape index (κ3) is 8.24. The highest BCUT2D eigenvalue weighted by atomic mass is 16.6. The van der Waals surface area contributed by atoms with Crippen molar-refractivity contribution in [1.29, 1.82) is 0 Å². The number of nitrogens with one attached hydrogen (secondary N) is 1. The molecule has 0 saturated carbocycles. The fourth-order valence-corrected chi connectivity index (χ4v) is 3.17. The second kappa shape index (κ2) is 10.00. The number of carbonyl (C=O) groups excluding carboxylic acids is 2. The molecule has 0 bridgehead atoms. The predicted molar refractivity (Wildman–Crippen MR) is 130 cm³/mol. The van der Waals surface area contributed by atoms with Gasteiger partial charge < -0.3 is 19.9 Å². The van der Waals surface area contributed by atoms with E-state index in [-0.39, 0.29) is 6.61 Å². The summed E-state index contributed by atoms with van der Waals surface area (Å²) in [6.45, 7) is 14.7. The van der Waals surface area contributed by atoms with Crippen LogP contribution in [0.4, 0.5) is 9.59 Å². The number of hydrogen-bond acceptors (Lipinski definition) is 5. The number of fused-ring (bicyclic) bond motifs is 1. The van der Waals surface area contributed by atoms with Crippen LogP contribution in [0.25, 0.3) is 10.9 Å². The lowest BCUT2D eigenvalue weighted by molar-refractivity contribution is 0.0508. The smallest absolute Gasteiger partial charge is 0.419 e. The van der Waals surface area contributed by atoms with Gasteiger partial charge in [-0.3, -0.25) is 4.57 Å². The van der Waals surface area contributed by atoms with Crippen molar-refractivity contribution < 1.29 is 24.2 Å². The molecule has 182 valence electrons. The number of nitrogens with zero attached hydrogens (tertiary/aromatic N) is 1. The van der Waals surface area contributed by atoms with Crippen molar-refractivity contribution in [3.05, 3.63) is 48.2 Å². The van der Waals surface area contributed by atoms with Crippen molar-refractivity contribution in [2.24, 2.45) is 5.41 Å². The molecule has 1 amide bonds. The third-order valence-corrected chi connectivity index (χ3v) is 4.71. The number of aromatic nitrogens is 1. The van der Waals surface area contributed by atoms with Gasteiger partial charge in [-0.05, 0) is 59.6 Å². The van der Waals surface area contributed by atoms with Crippen LogP contribution < -0.4 is 5.32 Å². The molecule has 1 unspecified atom stereocenters. The molecule has 0 saturated heterocycles. The monoisotopic (exact) mass is 458 g/mol. The minimum atomic E-state index is -0.630. The number of alkyl carbamates (subject to hydrolysis) is 1. The van der Waals surface area contributed by atoms with Crippen LogP contribution in [0.2, 0.25) is 0 Å². The highest BCUT2D eigenvalue weighted by molar-refractivity contribution is 5.92. The number of hydrogen-bond donors (Lipinski definition) is 2. The molecular formula is C26H38N2O5. The predicted octanol–water partition coefficient (Wildman–Crippen LogP) is 5.44. The minimum Gasteiger partial charge on any atom is -0.444 e. The van der Waals surface area contributed by atoms with Crippen LogP contribution >= 0.6 is 0 Å². The maximum absolute atomic E-state index is 12.8. The van der Waals surface area contributed by atoms with Crippen LogP contribution in [0.15, 0.2) is 42.6 Å². The van der Waals surface area contributed by atoms with Gasteiger partial charge in [-0.2, -0.15) is 0 Å².